The van der Waals surface area contributed by atoms with Crippen LogP contribution in [0.3, 0.4) is 0 Å². The third-order valence-corrected chi connectivity index (χ3v) is 10.0. The third-order valence-electron chi connectivity index (χ3n) is 5.72. The number of hydrogen-bond acceptors (Lipinski definition) is 1. The fourth-order valence-electron chi connectivity index (χ4n) is 4.24. The van der Waals surface area contributed by atoms with E-state index in [9.17, 15) is 13.2 Å². The molecule has 6 heteroatoms. The first-order chi connectivity index (χ1) is 15.9. The van der Waals surface area contributed by atoms with Crippen LogP contribution in [0, 0.1) is 6.57 Å². The minimum Gasteiger partial charge on any atom is -0.398 e. The second-order valence-corrected chi connectivity index (χ2v) is 11.1. The zero-order valence-corrected chi connectivity index (χ0v) is 18.5. The normalized spacial score (nSPS) is 11.7. The van der Waals surface area contributed by atoms with Crippen molar-refractivity contribution < 1.29 is 13.2 Å². The summed E-state index contributed by atoms with van der Waals surface area (Å²) in [6, 6.07) is 31.5. The Labute approximate surface area is 191 Å². The molecular formula is C27H21F3N2P+. The summed E-state index contributed by atoms with van der Waals surface area (Å²) in [5.41, 5.74) is 4.84. The molecule has 0 saturated heterocycles. The Morgan fingerprint density at radius 1 is 0.697 bits per heavy atom. The average Bonchev–Trinajstić information content (AvgIpc) is 2.84. The van der Waals surface area contributed by atoms with Gasteiger partial charge in [-0.15, -0.1) is 0 Å². The third kappa shape index (κ3) is 4.23. The van der Waals surface area contributed by atoms with Crippen molar-refractivity contribution in [2.24, 2.45) is 0 Å². The van der Waals surface area contributed by atoms with E-state index in [-0.39, 0.29) is 17.4 Å². The van der Waals surface area contributed by atoms with E-state index in [1.807, 2.05) is 91.0 Å². The number of anilines is 1. The van der Waals surface area contributed by atoms with Gasteiger partial charge in [0.05, 0.1) is 18.3 Å². The van der Waals surface area contributed by atoms with Gasteiger partial charge >= 0.3 is 6.18 Å². The van der Waals surface area contributed by atoms with E-state index in [0.29, 0.717) is 0 Å². The van der Waals surface area contributed by atoms with Crippen molar-refractivity contribution in [2.45, 2.75) is 12.3 Å². The molecule has 0 heterocycles. The van der Waals surface area contributed by atoms with Crippen LogP contribution in [-0.4, -0.2) is 0 Å². The lowest BCUT2D eigenvalue weighted by molar-refractivity contribution is -0.137. The summed E-state index contributed by atoms with van der Waals surface area (Å²) >= 11 is 0. The highest BCUT2D eigenvalue weighted by atomic mass is 31.2. The van der Waals surface area contributed by atoms with Crippen molar-refractivity contribution in [3.8, 4) is 0 Å². The average molecular weight is 461 g/mol. The molecule has 4 rings (SSSR count). The van der Waals surface area contributed by atoms with Gasteiger partial charge in [-0.25, -0.2) is 4.85 Å². The number of nitrogens with two attached hydrogens (primary N) is 1. The van der Waals surface area contributed by atoms with Gasteiger partial charge in [-0.1, -0.05) is 60.7 Å². The van der Waals surface area contributed by atoms with Crippen LogP contribution in [0.2, 0.25) is 0 Å². The van der Waals surface area contributed by atoms with E-state index in [1.54, 1.807) is 0 Å². The minimum atomic E-state index is -4.70. The van der Waals surface area contributed by atoms with E-state index in [2.05, 4.69) is 4.85 Å². The predicted octanol–water partition coefficient (Wildman–Crippen LogP) is 6.33. The molecule has 4 aromatic rings. The maximum absolute atomic E-state index is 14.3. The molecule has 0 atom stereocenters. The van der Waals surface area contributed by atoms with Crippen molar-refractivity contribution in [2.75, 3.05) is 5.73 Å². The molecule has 0 spiro atoms. The second kappa shape index (κ2) is 9.10. The molecule has 0 radical (unpaired) electrons. The number of benzene rings is 4. The topological polar surface area (TPSA) is 30.4 Å². The Hall–Kier alpha value is -3.61. The first kappa shape index (κ1) is 22.6. The molecule has 0 aliphatic rings. The molecule has 0 aliphatic heterocycles. The molecule has 0 amide bonds. The fraction of sp³-hybridized carbons (Fsp3) is 0.0741. The van der Waals surface area contributed by atoms with Gasteiger partial charge in [0.15, 0.2) is 5.69 Å². The number of halogens is 3. The highest BCUT2D eigenvalue weighted by Crippen LogP contribution is 2.60. The van der Waals surface area contributed by atoms with Crippen LogP contribution in [-0.2, 0) is 12.3 Å². The van der Waals surface area contributed by atoms with Gasteiger partial charge in [0.2, 0.25) is 0 Å². The Balaban J connectivity index is 2.10. The molecular weight excluding hydrogens is 440 g/mol. The van der Waals surface area contributed by atoms with Crippen LogP contribution in [0.4, 0.5) is 24.5 Å². The molecule has 0 bridgehead atoms. The van der Waals surface area contributed by atoms with Crippen LogP contribution < -0.4 is 21.6 Å². The summed E-state index contributed by atoms with van der Waals surface area (Å²) in [6.07, 6.45) is -4.65. The van der Waals surface area contributed by atoms with Crippen molar-refractivity contribution in [1.82, 2.24) is 0 Å². The lowest BCUT2D eigenvalue weighted by atomic mass is 10.0. The van der Waals surface area contributed by atoms with Crippen molar-refractivity contribution in [1.29, 1.82) is 0 Å². The number of alkyl halides is 3. The molecule has 0 aliphatic carbocycles. The smallest absolute Gasteiger partial charge is 0.398 e. The summed E-state index contributed by atoms with van der Waals surface area (Å²) in [6.45, 7) is 7.35. The SMILES string of the molecule is [C-]#[N+]c1ccc(N)c(C[P+](c2ccccc2)(c2ccccc2)c2ccccc2)c1C(F)(F)F. The summed E-state index contributed by atoms with van der Waals surface area (Å²) in [4.78, 5) is 3.17. The van der Waals surface area contributed by atoms with E-state index < -0.39 is 24.7 Å². The predicted molar refractivity (Wildman–Crippen MR) is 131 cm³/mol. The molecule has 0 fully saturated rings. The van der Waals surface area contributed by atoms with Crippen LogP contribution in [0.5, 0.6) is 0 Å². The van der Waals surface area contributed by atoms with Crippen molar-refractivity contribution in [3.05, 3.63) is 126 Å². The van der Waals surface area contributed by atoms with E-state index >= 15 is 0 Å². The standard InChI is InChI=1S/C27H21F3N2P/c1-32-25-18-17-24(31)23(26(25)27(28,29)30)19-33(20-11-5-2-6-12-20,21-13-7-3-8-14-21)22-15-9-4-10-16-22/h2-18H,19,31H2/q+1. The first-order valence-electron chi connectivity index (χ1n) is 10.3. The van der Waals surface area contributed by atoms with Gasteiger partial charge in [-0.3, -0.25) is 0 Å². The highest BCUT2D eigenvalue weighted by Gasteiger charge is 2.48. The fourth-order valence-corrected chi connectivity index (χ4v) is 8.54. The summed E-state index contributed by atoms with van der Waals surface area (Å²) in [5, 5.41) is 2.84. The van der Waals surface area contributed by atoms with Gasteiger partial charge in [-0.05, 0) is 42.5 Å². The Bertz CT molecular complexity index is 1190. The second-order valence-electron chi connectivity index (χ2n) is 7.61. The monoisotopic (exact) mass is 461 g/mol. The highest BCUT2D eigenvalue weighted by molar-refractivity contribution is 7.95. The zero-order chi connectivity index (χ0) is 23.5. The number of rotatable bonds is 5. The van der Waals surface area contributed by atoms with Gasteiger partial charge in [0.25, 0.3) is 0 Å². The van der Waals surface area contributed by atoms with Gasteiger partial charge in [0, 0.05) is 11.3 Å². The summed E-state index contributed by atoms with van der Waals surface area (Å²) in [7, 11) is -2.61. The molecule has 2 nitrogen and oxygen atoms in total. The van der Waals surface area contributed by atoms with Crippen molar-refractivity contribution >= 4 is 34.6 Å². The molecule has 0 aromatic heterocycles. The van der Waals surface area contributed by atoms with Crippen LogP contribution in [0.25, 0.3) is 4.85 Å². The minimum absolute atomic E-state index is 0.0270. The van der Waals surface area contributed by atoms with Crippen LogP contribution in [0.1, 0.15) is 11.1 Å². The van der Waals surface area contributed by atoms with E-state index in [0.717, 1.165) is 22.0 Å². The maximum atomic E-state index is 14.3. The lowest BCUT2D eigenvalue weighted by Crippen LogP contribution is -2.33. The number of nitrogens with zero attached hydrogens (tertiary/aromatic N) is 1. The van der Waals surface area contributed by atoms with Crippen LogP contribution in [0.15, 0.2) is 103 Å². The Morgan fingerprint density at radius 3 is 1.48 bits per heavy atom. The quantitative estimate of drug-likeness (QED) is 0.210. The van der Waals surface area contributed by atoms with Gasteiger partial charge < -0.3 is 5.73 Å². The Morgan fingerprint density at radius 2 is 1.12 bits per heavy atom. The maximum Gasteiger partial charge on any atom is 0.407 e. The summed E-state index contributed by atoms with van der Waals surface area (Å²) in [5.74, 6) is 0. The summed E-state index contributed by atoms with van der Waals surface area (Å²) < 4.78 is 42.8. The molecule has 4 aromatic carbocycles. The van der Waals surface area contributed by atoms with Gasteiger partial charge in [-0.2, -0.15) is 13.2 Å². The largest absolute Gasteiger partial charge is 0.407 e. The number of nitrogen functional groups attached to an aromatic ring is 1. The van der Waals surface area contributed by atoms with E-state index in [1.165, 1.54) is 6.07 Å². The lowest BCUT2D eigenvalue weighted by Gasteiger charge is -2.29. The molecule has 0 saturated carbocycles. The molecule has 33 heavy (non-hydrogen) atoms. The molecule has 2 N–H and O–H groups in total. The Kier molecular flexibility index (Phi) is 6.22. The zero-order valence-electron chi connectivity index (χ0n) is 17.6. The van der Waals surface area contributed by atoms with Crippen molar-refractivity contribution in [3.63, 3.8) is 0 Å². The van der Waals surface area contributed by atoms with E-state index in [4.69, 9.17) is 12.3 Å². The molecule has 0 unspecified atom stereocenters. The first-order valence-corrected chi connectivity index (χ1v) is 12.3. The van der Waals surface area contributed by atoms with Gasteiger partial charge in [0.1, 0.15) is 23.2 Å². The molecule has 164 valence electrons. The number of hydrogen-bond donors (Lipinski definition) is 1. The van der Waals surface area contributed by atoms with Crippen LogP contribution >= 0.6 is 7.26 Å².